The number of hydrogen-bond acceptors (Lipinski definition) is 4. The van der Waals surface area contributed by atoms with E-state index in [2.05, 4.69) is 0 Å². The van der Waals surface area contributed by atoms with Gasteiger partial charge in [-0.25, -0.2) is 9.59 Å². The summed E-state index contributed by atoms with van der Waals surface area (Å²) in [5.74, 6) is 0.0835. The van der Waals surface area contributed by atoms with Crippen molar-refractivity contribution in [3.8, 4) is 5.75 Å². The first-order valence-corrected chi connectivity index (χ1v) is 7.39. The van der Waals surface area contributed by atoms with Gasteiger partial charge >= 0.3 is 11.4 Å². The lowest BCUT2D eigenvalue weighted by molar-refractivity contribution is 0.287. The molecule has 0 aliphatic rings. The molecule has 0 aliphatic carbocycles. The SMILES string of the molecule is Cc1ccc(OCCn2c(=O)oc(=O)c3ccccc32)cc1C. The van der Waals surface area contributed by atoms with Crippen LogP contribution in [0.3, 0.4) is 0 Å². The molecule has 0 N–H and O–H groups in total. The number of aromatic nitrogens is 1. The lowest BCUT2D eigenvalue weighted by Crippen LogP contribution is -2.27. The monoisotopic (exact) mass is 311 g/mol. The molecule has 5 heteroatoms. The van der Waals surface area contributed by atoms with Gasteiger partial charge in [-0.1, -0.05) is 18.2 Å². The van der Waals surface area contributed by atoms with Gasteiger partial charge in [0.1, 0.15) is 12.4 Å². The molecule has 0 radical (unpaired) electrons. The lowest BCUT2D eigenvalue weighted by atomic mass is 10.1. The van der Waals surface area contributed by atoms with Gasteiger partial charge < -0.3 is 9.15 Å². The molecular weight excluding hydrogens is 294 g/mol. The fourth-order valence-corrected chi connectivity index (χ4v) is 2.44. The van der Waals surface area contributed by atoms with Crippen LogP contribution in [0.1, 0.15) is 11.1 Å². The summed E-state index contributed by atoms with van der Waals surface area (Å²) in [5.41, 5.74) is 2.29. The number of aryl methyl sites for hydroxylation is 2. The second kappa shape index (κ2) is 6.12. The first kappa shape index (κ1) is 15.1. The van der Waals surface area contributed by atoms with Crippen molar-refractivity contribution in [2.75, 3.05) is 6.61 Å². The smallest absolute Gasteiger partial charge is 0.422 e. The maximum Gasteiger partial charge on any atom is 0.422 e. The summed E-state index contributed by atoms with van der Waals surface area (Å²) in [7, 11) is 0. The van der Waals surface area contributed by atoms with Crippen LogP contribution in [0.2, 0.25) is 0 Å². The Balaban J connectivity index is 1.83. The van der Waals surface area contributed by atoms with Gasteiger partial charge in [0.15, 0.2) is 0 Å². The number of benzene rings is 2. The molecule has 23 heavy (non-hydrogen) atoms. The predicted octanol–water partition coefficient (Wildman–Crippen LogP) is 2.65. The zero-order valence-corrected chi connectivity index (χ0v) is 13.0. The van der Waals surface area contributed by atoms with Crippen LogP contribution in [-0.4, -0.2) is 11.2 Å². The van der Waals surface area contributed by atoms with Crippen LogP contribution in [0.15, 0.2) is 56.5 Å². The maximum absolute atomic E-state index is 11.9. The maximum atomic E-state index is 11.9. The standard InChI is InChI=1S/C18H17NO4/c1-12-7-8-14(11-13(12)2)22-10-9-19-16-6-4-3-5-15(16)17(20)23-18(19)21/h3-8,11H,9-10H2,1-2H3. The van der Waals surface area contributed by atoms with Crippen LogP contribution in [0.4, 0.5) is 0 Å². The first-order valence-electron chi connectivity index (χ1n) is 7.39. The van der Waals surface area contributed by atoms with Crippen LogP contribution in [0, 0.1) is 13.8 Å². The molecule has 118 valence electrons. The molecule has 0 amide bonds. The molecule has 1 aromatic heterocycles. The lowest BCUT2D eigenvalue weighted by Gasteiger charge is -2.11. The van der Waals surface area contributed by atoms with Gasteiger partial charge in [-0.15, -0.1) is 0 Å². The highest BCUT2D eigenvalue weighted by Crippen LogP contribution is 2.16. The van der Waals surface area contributed by atoms with E-state index in [1.807, 2.05) is 32.0 Å². The van der Waals surface area contributed by atoms with Crippen molar-refractivity contribution in [2.45, 2.75) is 20.4 Å². The van der Waals surface area contributed by atoms with Gasteiger partial charge in [-0.3, -0.25) is 4.57 Å². The second-order valence-corrected chi connectivity index (χ2v) is 5.42. The van der Waals surface area contributed by atoms with Gasteiger partial charge in [0, 0.05) is 0 Å². The Hall–Kier alpha value is -2.82. The average molecular weight is 311 g/mol. The Bertz CT molecular complexity index is 969. The van der Waals surface area contributed by atoms with Gasteiger partial charge in [-0.2, -0.15) is 0 Å². The van der Waals surface area contributed by atoms with Crippen LogP contribution in [0.5, 0.6) is 5.75 Å². The van der Waals surface area contributed by atoms with Crippen molar-refractivity contribution >= 4 is 10.9 Å². The summed E-state index contributed by atoms with van der Waals surface area (Å²) < 4.78 is 11.9. The third-order valence-corrected chi connectivity index (χ3v) is 3.88. The highest BCUT2D eigenvalue weighted by molar-refractivity contribution is 5.77. The minimum absolute atomic E-state index is 0.302. The summed E-state index contributed by atoms with van der Waals surface area (Å²) in [5, 5.41) is 0.387. The van der Waals surface area contributed by atoms with E-state index >= 15 is 0 Å². The quantitative estimate of drug-likeness (QED) is 0.743. The van der Waals surface area contributed by atoms with Crippen molar-refractivity contribution in [3.05, 3.63) is 74.6 Å². The molecule has 0 unspecified atom stereocenters. The van der Waals surface area contributed by atoms with E-state index in [9.17, 15) is 9.59 Å². The molecule has 0 aliphatic heterocycles. The van der Waals surface area contributed by atoms with Crippen molar-refractivity contribution in [1.82, 2.24) is 4.57 Å². The third kappa shape index (κ3) is 3.04. The Labute approximate surface area is 132 Å². The normalized spacial score (nSPS) is 10.9. The van der Waals surface area contributed by atoms with E-state index in [1.54, 1.807) is 24.3 Å². The molecule has 2 aromatic carbocycles. The van der Waals surface area contributed by atoms with Gasteiger partial charge in [-0.05, 0) is 49.2 Å². The highest BCUT2D eigenvalue weighted by atomic mass is 16.5. The van der Waals surface area contributed by atoms with Crippen LogP contribution >= 0.6 is 0 Å². The van der Waals surface area contributed by atoms with Crippen LogP contribution in [0.25, 0.3) is 10.9 Å². The Kier molecular flexibility index (Phi) is 4.02. The zero-order chi connectivity index (χ0) is 16.4. The molecule has 5 nitrogen and oxygen atoms in total. The Morgan fingerprint density at radius 3 is 2.61 bits per heavy atom. The van der Waals surface area contributed by atoms with Gasteiger partial charge in [0.2, 0.25) is 0 Å². The number of para-hydroxylation sites is 1. The van der Waals surface area contributed by atoms with Crippen molar-refractivity contribution < 1.29 is 9.15 Å². The average Bonchev–Trinajstić information content (AvgIpc) is 2.54. The molecule has 0 atom stereocenters. The zero-order valence-electron chi connectivity index (χ0n) is 13.0. The van der Waals surface area contributed by atoms with Crippen LogP contribution in [-0.2, 0) is 6.54 Å². The number of nitrogens with zero attached hydrogens (tertiary/aromatic N) is 1. The highest BCUT2D eigenvalue weighted by Gasteiger charge is 2.08. The fraction of sp³-hybridized carbons (Fsp3) is 0.222. The minimum atomic E-state index is -0.669. The Morgan fingerprint density at radius 1 is 1.04 bits per heavy atom. The summed E-state index contributed by atoms with van der Waals surface area (Å²) in [4.78, 5) is 23.6. The number of rotatable bonds is 4. The molecule has 0 spiro atoms. The summed E-state index contributed by atoms with van der Waals surface area (Å²) in [6, 6.07) is 12.7. The van der Waals surface area contributed by atoms with E-state index < -0.39 is 11.4 Å². The van der Waals surface area contributed by atoms with E-state index in [0.717, 1.165) is 11.3 Å². The number of fused-ring (bicyclic) bond motifs is 1. The summed E-state index contributed by atoms with van der Waals surface area (Å²) in [6.45, 7) is 4.67. The topological polar surface area (TPSA) is 61.4 Å². The predicted molar refractivity (Wildman–Crippen MR) is 88.2 cm³/mol. The first-order chi connectivity index (χ1) is 11.1. The number of ether oxygens (including phenoxy) is 1. The third-order valence-electron chi connectivity index (χ3n) is 3.88. The summed E-state index contributed by atoms with van der Waals surface area (Å²) in [6.07, 6.45) is 0. The molecule has 3 aromatic rings. The molecule has 0 bridgehead atoms. The van der Waals surface area contributed by atoms with E-state index in [0.29, 0.717) is 24.1 Å². The largest absolute Gasteiger partial charge is 0.492 e. The molecule has 0 fully saturated rings. The van der Waals surface area contributed by atoms with Crippen molar-refractivity contribution in [2.24, 2.45) is 0 Å². The molecule has 1 heterocycles. The number of hydrogen-bond donors (Lipinski definition) is 0. The molecule has 0 saturated heterocycles. The van der Waals surface area contributed by atoms with Crippen molar-refractivity contribution in [3.63, 3.8) is 0 Å². The minimum Gasteiger partial charge on any atom is -0.492 e. The summed E-state index contributed by atoms with van der Waals surface area (Å²) >= 11 is 0. The van der Waals surface area contributed by atoms with Gasteiger partial charge in [0.25, 0.3) is 0 Å². The molecule has 3 rings (SSSR count). The van der Waals surface area contributed by atoms with Crippen LogP contribution < -0.4 is 16.1 Å². The fourth-order valence-electron chi connectivity index (χ4n) is 2.44. The van der Waals surface area contributed by atoms with Gasteiger partial charge in [0.05, 0.1) is 17.4 Å². The van der Waals surface area contributed by atoms with E-state index in [1.165, 1.54) is 10.1 Å². The second-order valence-electron chi connectivity index (χ2n) is 5.42. The van der Waals surface area contributed by atoms with E-state index in [-0.39, 0.29) is 0 Å². The van der Waals surface area contributed by atoms with E-state index in [4.69, 9.17) is 9.15 Å². The van der Waals surface area contributed by atoms with Crippen molar-refractivity contribution in [1.29, 1.82) is 0 Å². The molecule has 0 saturated carbocycles. The molecular formula is C18H17NO4. The Morgan fingerprint density at radius 2 is 1.83 bits per heavy atom.